The lowest BCUT2D eigenvalue weighted by Gasteiger charge is -2.15. The lowest BCUT2D eigenvalue weighted by atomic mass is 10.2. The van der Waals surface area contributed by atoms with Gasteiger partial charge in [0, 0.05) is 26.5 Å². The summed E-state index contributed by atoms with van der Waals surface area (Å²) in [7, 11) is 0. The summed E-state index contributed by atoms with van der Waals surface area (Å²) in [4.78, 5) is 39.8. The number of rotatable bonds is 5. The molecule has 1 atom stereocenters. The van der Waals surface area contributed by atoms with E-state index >= 15 is 0 Å². The summed E-state index contributed by atoms with van der Waals surface area (Å²) in [5.74, 6) is -0.815. The minimum Gasteiger partial charge on any atom is -0.322 e. The lowest BCUT2D eigenvalue weighted by Crippen LogP contribution is -2.31. The van der Waals surface area contributed by atoms with E-state index in [-0.39, 0.29) is 29.2 Å². The Bertz CT molecular complexity index is 1200. The average Bonchev–Trinajstić information content (AvgIpc) is 3.03. The first kappa shape index (κ1) is 22.9. The minimum atomic E-state index is -0.500. The van der Waals surface area contributed by atoms with Gasteiger partial charge in [0.15, 0.2) is 0 Å². The van der Waals surface area contributed by atoms with Crippen molar-refractivity contribution in [3.63, 3.8) is 0 Å². The van der Waals surface area contributed by atoms with Crippen LogP contribution in [0, 0.1) is 0 Å². The van der Waals surface area contributed by atoms with Crippen LogP contribution in [0.2, 0.25) is 10.0 Å². The van der Waals surface area contributed by atoms with Gasteiger partial charge >= 0.3 is 0 Å². The smallest absolute Gasteiger partial charge is 0.257 e. The maximum absolute atomic E-state index is 12.8. The molecule has 4 rings (SSSR count). The fourth-order valence-corrected chi connectivity index (χ4v) is 5.02. The molecule has 1 heterocycles. The zero-order valence-electron chi connectivity index (χ0n) is 16.3. The molecule has 0 radical (unpaired) electrons. The van der Waals surface area contributed by atoms with Crippen LogP contribution >= 0.6 is 50.9 Å². The lowest BCUT2D eigenvalue weighted by molar-refractivity contribution is -0.121. The first-order valence-electron chi connectivity index (χ1n) is 9.47. The highest BCUT2D eigenvalue weighted by Crippen LogP contribution is 2.35. The maximum Gasteiger partial charge on any atom is 0.257 e. The largest absolute Gasteiger partial charge is 0.322 e. The quantitative estimate of drug-likeness (QED) is 0.372. The van der Waals surface area contributed by atoms with E-state index in [1.165, 1.54) is 22.7 Å². The number of nitrogens with zero attached hydrogens (tertiary/aromatic N) is 1. The summed E-state index contributed by atoms with van der Waals surface area (Å²) in [6.45, 7) is 0. The van der Waals surface area contributed by atoms with E-state index < -0.39 is 5.25 Å². The summed E-state index contributed by atoms with van der Waals surface area (Å²) in [6.07, 6.45) is 0.132. The van der Waals surface area contributed by atoms with Crippen LogP contribution in [0.1, 0.15) is 16.8 Å². The van der Waals surface area contributed by atoms with Gasteiger partial charge in [0.05, 0.1) is 21.5 Å². The van der Waals surface area contributed by atoms with E-state index in [1.54, 1.807) is 60.7 Å². The number of carbonyl (C=O) groups excluding carboxylic acids is 3. The van der Waals surface area contributed by atoms with Gasteiger partial charge in [0.1, 0.15) is 0 Å². The number of halogens is 3. The van der Waals surface area contributed by atoms with E-state index in [1.807, 2.05) is 0 Å². The Kier molecular flexibility index (Phi) is 6.90. The summed E-state index contributed by atoms with van der Waals surface area (Å²) >= 11 is 16.6. The maximum atomic E-state index is 12.8. The highest BCUT2D eigenvalue weighted by molar-refractivity contribution is 9.10. The molecule has 162 valence electrons. The predicted molar refractivity (Wildman–Crippen MR) is 132 cm³/mol. The predicted octanol–water partition coefficient (Wildman–Crippen LogP) is 6.43. The van der Waals surface area contributed by atoms with Gasteiger partial charge in [0.2, 0.25) is 11.8 Å². The number of nitrogens with one attached hydrogen (secondary N) is 1. The molecule has 5 nitrogen and oxygen atoms in total. The number of imide groups is 1. The molecule has 1 aliphatic rings. The van der Waals surface area contributed by atoms with Crippen LogP contribution in [-0.4, -0.2) is 23.0 Å². The Morgan fingerprint density at radius 1 is 1.00 bits per heavy atom. The highest BCUT2D eigenvalue weighted by Gasteiger charge is 2.40. The van der Waals surface area contributed by atoms with Crippen LogP contribution in [0.5, 0.6) is 0 Å². The Hall–Kier alpha value is -2.32. The van der Waals surface area contributed by atoms with Crippen molar-refractivity contribution in [1.29, 1.82) is 0 Å². The standard InChI is InChI=1S/C23H15BrCl2N2O3S/c24-13-1-6-16(7-2-13)28-21(29)12-20(23(28)31)32-17-8-4-15(5-9-17)27-22(30)18-10-3-14(25)11-19(18)26/h1-11,20H,12H2,(H,27,30). The normalized spacial score (nSPS) is 15.8. The van der Waals surface area contributed by atoms with Crippen molar-refractivity contribution in [2.75, 3.05) is 10.2 Å². The van der Waals surface area contributed by atoms with Gasteiger partial charge in [-0.3, -0.25) is 14.4 Å². The molecule has 3 aromatic carbocycles. The fraction of sp³-hybridized carbons (Fsp3) is 0.0870. The van der Waals surface area contributed by atoms with E-state index in [4.69, 9.17) is 23.2 Å². The molecule has 3 aromatic rings. The zero-order valence-corrected chi connectivity index (χ0v) is 20.3. The minimum absolute atomic E-state index is 0.132. The van der Waals surface area contributed by atoms with E-state index in [0.29, 0.717) is 22.0 Å². The summed E-state index contributed by atoms with van der Waals surface area (Å²) < 4.78 is 0.872. The van der Waals surface area contributed by atoms with Gasteiger partial charge in [0.25, 0.3) is 5.91 Å². The molecule has 0 bridgehead atoms. The third-order valence-corrected chi connectivity index (χ3v) is 7.03. The van der Waals surface area contributed by atoms with Crippen LogP contribution in [0.4, 0.5) is 11.4 Å². The number of benzene rings is 3. The molecule has 0 spiro atoms. The number of hydrogen-bond acceptors (Lipinski definition) is 4. The summed E-state index contributed by atoms with van der Waals surface area (Å²) in [5, 5.41) is 3.00. The highest BCUT2D eigenvalue weighted by atomic mass is 79.9. The number of hydrogen-bond donors (Lipinski definition) is 1. The van der Waals surface area contributed by atoms with Gasteiger partial charge in [-0.05, 0) is 66.7 Å². The number of carbonyl (C=O) groups is 3. The first-order valence-corrected chi connectivity index (χ1v) is 11.9. The van der Waals surface area contributed by atoms with Crippen LogP contribution < -0.4 is 10.2 Å². The van der Waals surface area contributed by atoms with Gasteiger partial charge < -0.3 is 5.32 Å². The van der Waals surface area contributed by atoms with Crippen molar-refractivity contribution in [2.24, 2.45) is 0 Å². The molecule has 32 heavy (non-hydrogen) atoms. The van der Waals surface area contributed by atoms with E-state index in [9.17, 15) is 14.4 Å². The summed E-state index contributed by atoms with van der Waals surface area (Å²) in [6, 6.07) is 18.8. The molecule has 1 saturated heterocycles. The molecule has 9 heteroatoms. The monoisotopic (exact) mass is 548 g/mol. The van der Waals surface area contributed by atoms with Crippen molar-refractivity contribution < 1.29 is 14.4 Å². The molecule has 1 fully saturated rings. The van der Waals surface area contributed by atoms with Crippen molar-refractivity contribution >= 4 is 80.0 Å². The molecular weight excluding hydrogens is 535 g/mol. The Morgan fingerprint density at radius 2 is 1.69 bits per heavy atom. The van der Waals surface area contributed by atoms with Crippen molar-refractivity contribution in [3.8, 4) is 0 Å². The second-order valence-electron chi connectivity index (χ2n) is 6.96. The van der Waals surface area contributed by atoms with Gasteiger partial charge in [-0.15, -0.1) is 11.8 Å². The number of anilines is 2. The molecule has 0 aliphatic carbocycles. The second-order valence-corrected chi connectivity index (χ2v) is 9.99. The average molecular weight is 550 g/mol. The molecule has 1 N–H and O–H groups in total. The summed E-state index contributed by atoms with van der Waals surface area (Å²) in [5.41, 5.74) is 1.46. The van der Waals surface area contributed by atoms with Crippen LogP contribution in [0.15, 0.2) is 76.1 Å². The van der Waals surface area contributed by atoms with Gasteiger partial charge in [-0.2, -0.15) is 0 Å². The topological polar surface area (TPSA) is 66.5 Å². The van der Waals surface area contributed by atoms with Crippen LogP contribution in [0.3, 0.4) is 0 Å². The first-order chi connectivity index (χ1) is 15.3. The molecule has 1 unspecified atom stereocenters. The third-order valence-electron chi connectivity index (χ3n) is 4.76. The second kappa shape index (κ2) is 9.67. The third kappa shape index (κ3) is 5.02. The molecule has 3 amide bonds. The van der Waals surface area contributed by atoms with Crippen LogP contribution in [0.25, 0.3) is 0 Å². The number of amides is 3. The van der Waals surface area contributed by atoms with E-state index in [0.717, 1.165) is 9.37 Å². The van der Waals surface area contributed by atoms with Crippen molar-refractivity contribution in [3.05, 3.63) is 86.8 Å². The Balaban J connectivity index is 1.41. The molecular formula is C23H15BrCl2N2O3S. The Morgan fingerprint density at radius 3 is 2.34 bits per heavy atom. The SMILES string of the molecule is O=C(Nc1ccc(SC2CC(=O)N(c3ccc(Br)cc3)C2=O)cc1)c1ccc(Cl)cc1Cl. The zero-order chi connectivity index (χ0) is 22.8. The van der Waals surface area contributed by atoms with Gasteiger partial charge in [-0.25, -0.2) is 4.90 Å². The van der Waals surface area contributed by atoms with Gasteiger partial charge in [-0.1, -0.05) is 39.1 Å². The Labute approximate surface area is 207 Å². The molecule has 0 aromatic heterocycles. The number of thioether (sulfide) groups is 1. The fourth-order valence-electron chi connectivity index (χ4n) is 3.21. The van der Waals surface area contributed by atoms with E-state index in [2.05, 4.69) is 21.2 Å². The molecule has 1 aliphatic heterocycles. The van der Waals surface area contributed by atoms with Crippen molar-refractivity contribution in [1.82, 2.24) is 0 Å². The van der Waals surface area contributed by atoms with Crippen molar-refractivity contribution in [2.45, 2.75) is 16.6 Å². The van der Waals surface area contributed by atoms with Crippen LogP contribution in [-0.2, 0) is 9.59 Å². The molecule has 0 saturated carbocycles.